The molecule has 1 aromatic carbocycles. The lowest BCUT2D eigenvalue weighted by atomic mass is 10.3. The summed E-state index contributed by atoms with van der Waals surface area (Å²) in [5.74, 6) is -1.51. The van der Waals surface area contributed by atoms with Gasteiger partial charge in [0.2, 0.25) is 0 Å². The zero-order chi connectivity index (χ0) is 15.5. The number of carbonyl (C=O) groups is 1. The molecule has 0 aliphatic carbocycles. The molecule has 0 atom stereocenters. The maximum absolute atomic E-state index is 13.9. The Morgan fingerprint density at radius 1 is 1.29 bits per heavy atom. The molecule has 0 unspecified atom stereocenters. The molecule has 0 saturated carbocycles. The Morgan fingerprint density at radius 3 is 2.57 bits per heavy atom. The van der Waals surface area contributed by atoms with E-state index < -0.39 is 28.4 Å². The summed E-state index contributed by atoms with van der Waals surface area (Å²) in [6.45, 7) is -0.600. The summed E-state index contributed by atoms with van der Waals surface area (Å²) in [4.78, 5) is 11.5. The van der Waals surface area contributed by atoms with E-state index in [1.54, 1.807) is 11.4 Å². The molecule has 0 bridgehead atoms. The number of para-hydroxylation sites is 1. The van der Waals surface area contributed by atoms with Gasteiger partial charge in [-0.25, -0.2) is 12.8 Å². The number of sulfonamides is 1. The van der Waals surface area contributed by atoms with Gasteiger partial charge in [0.05, 0.1) is 12.8 Å². The summed E-state index contributed by atoms with van der Waals surface area (Å²) in [6.07, 6.45) is 0. The van der Waals surface area contributed by atoms with Gasteiger partial charge in [-0.1, -0.05) is 18.2 Å². The number of methoxy groups -OCH3 is 1. The molecule has 2 rings (SSSR count). The SMILES string of the molecule is COC(=O)CN(c1ccccc1F)S(=O)(=O)c1cccs1. The fourth-order valence-corrected chi connectivity index (χ4v) is 4.18. The largest absolute Gasteiger partial charge is 0.468 e. The minimum Gasteiger partial charge on any atom is -0.468 e. The lowest BCUT2D eigenvalue weighted by Gasteiger charge is -2.22. The number of hydrogen-bond donors (Lipinski definition) is 0. The molecule has 2 aromatic rings. The topological polar surface area (TPSA) is 63.7 Å². The van der Waals surface area contributed by atoms with E-state index in [2.05, 4.69) is 4.74 Å². The Balaban J connectivity index is 2.52. The predicted molar refractivity (Wildman–Crippen MR) is 77.3 cm³/mol. The van der Waals surface area contributed by atoms with E-state index in [1.807, 2.05) is 0 Å². The van der Waals surface area contributed by atoms with E-state index in [0.29, 0.717) is 4.31 Å². The third-order valence-electron chi connectivity index (χ3n) is 2.66. The highest BCUT2D eigenvalue weighted by Crippen LogP contribution is 2.28. The number of thiophene rings is 1. The van der Waals surface area contributed by atoms with Gasteiger partial charge in [-0.3, -0.25) is 9.10 Å². The van der Waals surface area contributed by atoms with Crippen LogP contribution in [-0.4, -0.2) is 28.0 Å². The number of nitrogens with zero attached hydrogens (tertiary/aromatic N) is 1. The van der Waals surface area contributed by atoms with Crippen molar-refractivity contribution in [1.82, 2.24) is 0 Å². The van der Waals surface area contributed by atoms with Gasteiger partial charge >= 0.3 is 5.97 Å². The van der Waals surface area contributed by atoms with Crippen LogP contribution in [0.25, 0.3) is 0 Å². The average Bonchev–Trinajstić information content (AvgIpc) is 3.00. The van der Waals surface area contributed by atoms with E-state index in [1.165, 1.54) is 24.3 Å². The fourth-order valence-electron chi connectivity index (χ4n) is 1.65. The summed E-state index contributed by atoms with van der Waals surface area (Å²) < 4.78 is 44.3. The number of halogens is 1. The maximum Gasteiger partial charge on any atom is 0.326 e. The smallest absolute Gasteiger partial charge is 0.326 e. The van der Waals surface area contributed by atoms with Crippen LogP contribution in [-0.2, 0) is 19.6 Å². The molecule has 21 heavy (non-hydrogen) atoms. The molecule has 0 radical (unpaired) electrons. The quantitative estimate of drug-likeness (QED) is 0.789. The second-order valence-corrected chi connectivity index (χ2v) is 7.01. The Bertz CT molecular complexity index is 728. The van der Waals surface area contributed by atoms with Crippen molar-refractivity contribution < 1.29 is 22.3 Å². The van der Waals surface area contributed by atoms with Crippen LogP contribution in [0, 0.1) is 5.82 Å². The van der Waals surface area contributed by atoms with Crippen LogP contribution in [0.4, 0.5) is 10.1 Å². The molecule has 0 saturated heterocycles. The number of carbonyl (C=O) groups excluding carboxylic acids is 1. The Labute approximate surface area is 125 Å². The molecule has 8 heteroatoms. The average molecular weight is 329 g/mol. The van der Waals surface area contributed by atoms with Crippen LogP contribution < -0.4 is 4.31 Å². The van der Waals surface area contributed by atoms with Crippen LogP contribution in [0.3, 0.4) is 0 Å². The fraction of sp³-hybridized carbons (Fsp3) is 0.154. The van der Waals surface area contributed by atoms with Crippen molar-refractivity contribution in [3.05, 3.63) is 47.6 Å². The number of benzene rings is 1. The van der Waals surface area contributed by atoms with Crippen molar-refractivity contribution in [1.29, 1.82) is 0 Å². The summed E-state index contributed by atoms with van der Waals surface area (Å²) in [5, 5.41) is 1.59. The first-order chi connectivity index (χ1) is 9.96. The van der Waals surface area contributed by atoms with Gasteiger partial charge in [-0.2, -0.15) is 0 Å². The molecule has 0 N–H and O–H groups in total. The second kappa shape index (κ2) is 6.23. The molecule has 5 nitrogen and oxygen atoms in total. The van der Waals surface area contributed by atoms with E-state index in [4.69, 9.17) is 0 Å². The van der Waals surface area contributed by atoms with Gasteiger partial charge in [-0.05, 0) is 23.6 Å². The van der Waals surface area contributed by atoms with Gasteiger partial charge in [0.1, 0.15) is 16.6 Å². The first-order valence-electron chi connectivity index (χ1n) is 5.84. The van der Waals surface area contributed by atoms with E-state index >= 15 is 0 Å². The minimum absolute atomic E-state index is 0.0228. The Hall–Kier alpha value is -1.93. The highest BCUT2D eigenvalue weighted by Gasteiger charge is 2.30. The van der Waals surface area contributed by atoms with E-state index in [0.717, 1.165) is 24.5 Å². The summed E-state index contributed by atoms with van der Waals surface area (Å²) in [5.41, 5.74) is -0.198. The van der Waals surface area contributed by atoms with Crippen molar-refractivity contribution >= 4 is 33.0 Å². The molecule has 0 fully saturated rings. The van der Waals surface area contributed by atoms with Gasteiger partial charge in [0, 0.05) is 0 Å². The molecule has 0 amide bonds. The van der Waals surface area contributed by atoms with Crippen LogP contribution in [0.2, 0.25) is 0 Å². The lowest BCUT2D eigenvalue weighted by molar-refractivity contribution is -0.138. The number of esters is 1. The van der Waals surface area contributed by atoms with Crippen molar-refractivity contribution in [2.45, 2.75) is 4.21 Å². The normalized spacial score (nSPS) is 11.1. The lowest BCUT2D eigenvalue weighted by Crippen LogP contribution is -2.36. The number of rotatable bonds is 5. The van der Waals surface area contributed by atoms with Crippen molar-refractivity contribution in [3.8, 4) is 0 Å². The Morgan fingerprint density at radius 2 is 2.00 bits per heavy atom. The van der Waals surface area contributed by atoms with Crippen molar-refractivity contribution in [2.24, 2.45) is 0 Å². The molecule has 1 heterocycles. The third kappa shape index (κ3) is 3.22. The summed E-state index contributed by atoms with van der Waals surface area (Å²) >= 11 is 0.989. The maximum atomic E-state index is 13.9. The van der Waals surface area contributed by atoms with Crippen LogP contribution in [0.1, 0.15) is 0 Å². The number of hydrogen-bond acceptors (Lipinski definition) is 5. The molecule has 0 aliphatic rings. The van der Waals surface area contributed by atoms with Crippen molar-refractivity contribution in [3.63, 3.8) is 0 Å². The van der Waals surface area contributed by atoms with E-state index in [9.17, 15) is 17.6 Å². The highest BCUT2D eigenvalue weighted by atomic mass is 32.2. The standard InChI is InChI=1S/C13H12FNO4S2/c1-19-12(16)9-15(11-6-3-2-5-10(11)14)21(17,18)13-7-4-8-20-13/h2-8H,9H2,1H3. The van der Waals surface area contributed by atoms with Gasteiger partial charge < -0.3 is 4.74 Å². The first-order valence-corrected chi connectivity index (χ1v) is 8.16. The van der Waals surface area contributed by atoms with E-state index in [-0.39, 0.29) is 9.90 Å². The van der Waals surface area contributed by atoms with Crippen LogP contribution >= 0.6 is 11.3 Å². The molecular formula is C13H12FNO4S2. The zero-order valence-electron chi connectivity index (χ0n) is 11.0. The minimum atomic E-state index is -4.03. The number of anilines is 1. The summed E-state index contributed by atoms with van der Waals surface area (Å²) in [7, 11) is -2.89. The van der Waals surface area contributed by atoms with Crippen LogP contribution in [0.5, 0.6) is 0 Å². The predicted octanol–water partition coefficient (Wildman–Crippen LogP) is 2.26. The molecule has 1 aromatic heterocycles. The molecule has 112 valence electrons. The number of ether oxygens (including phenoxy) is 1. The van der Waals surface area contributed by atoms with Gasteiger partial charge in [0.15, 0.2) is 0 Å². The van der Waals surface area contributed by atoms with Gasteiger partial charge in [0.25, 0.3) is 10.0 Å². The first kappa shape index (κ1) is 15.5. The third-order valence-corrected chi connectivity index (χ3v) is 5.79. The second-order valence-electron chi connectivity index (χ2n) is 3.97. The summed E-state index contributed by atoms with van der Waals surface area (Å²) in [6, 6.07) is 8.31. The molecule has 0 aliphatic heterocycles. The molecule has 0 spiro atoms. The Kier molecular flexibility index (Phi) is 4.59. The van der Waals surface area contributed by atoms with Gasteiger partial charge in [-0.15, -0.1) is 11.3 Å². The van der Waals surface area contributed by atoms with Crippen molar-refractivity contribution in [2.75, 3.05) is 18.0 Å². The zero-order valence-corrected chi connectivity index (χ0v) is 12.7. The van der Waals surface area contributed by atoms with Crippen LogP contribution in [0.15, 0.2) is 46.0 Å². The highest BCUT2D eigenvalue weighted by molar-refractivity contribution is 7.94. The monoisotopic (exact) mass is 329 g/mol. The molecular weight excluding hydrogens is 317 g/mol.